The van der Waals surface area contributed by atoms with Crippen LogP contribution in [0.5, 0.6) is 0 Å². The quantitative estimate of drug-likeness (QED) is 0.488. The van der Waals surface area contributed by atoms with Crippen LogP contribution in [0.2, 0.25) is 5.15 Å². The van der Waals surface area contributed by atoms with Gasteiger partial charge in [-0.3, -0.25) is 10.1 Å². The van der Waals surface area contributed by atoms with Crippen molar-refractivity contribution in [1.29, 1.82) is 0 Å². The monoisotopic (exact) mass is 278 g/mol. The molecule has 0 saturated carbocycles. The Morgan fingerprint density at radius 2 is 2.00 bits per heavy atom. The second kappa shape index (κ2) is 5.62. The fraction of sp³-hybridized carbons (Fsp3) is 0.167. The Labute approximate surface area is 114 Å². The third-order valence-corrected chi connectivity index (χ3v) is 2.84. The van der Waals surface area contributed by atoms with Crippen molar-refractivity contribution in [2.24, 2.45) is 0 Å². The maximum atomic E-state index is 11.0. The topological polar surface area (TPSA) is 72.2 Å². The number of anilines is 1. The Morgan fingerprint density at radius 3 is 2.63 bits per heavy atom. The van der Waals surface area contributed by atoms with Gasteiger partial charge in [0, 0.05) is 13.6 Å². The minimum absolute atomic E-state index is 0.157. The summed E-state index contributed by atoms with van der Waals surface area (Å²) in [5.74, 6) is 0.203. The van der Waals surface area contributed by atoms with Crippen molar-refractivity contribution in [2.45, 2.75) is 6.54 Å². The molecule has 0 aliphatic carbocycles. The van der Waals surface area contributed by atoms with Crippen LogP contribution < -0.4 is 4.90 Å². The first-order chi connectivity index (χ1) is 9.09. The second-order valence-corrected chi connectivity index (χ2v) is 4.29. The summed E-state index contributed by atoms with van der Waals surface area (Å²) < 4.78 is 0. The van der Waals surface area contributed by atoms with Gasteiger partial charge in [0.25, 0.3) is 0 Å². The van der Waals surface area contributed by atoms with Gasteiger partial charge in [-0.05, 0) is 5.56 Å². The van der Waals surface area contributed by atoms with E-state index < -0.39 is 4.92 Å². The molecule has 0 aliphatic rings. The van der Waals surface area contributed by atoms with Gasteiger partial charge in [0.1, 0.15) is 6.33 Å². The maximum absolute atomic E-state index is 11.0. The van der Waals surface area contributed by atoms with Gasteiger partial charge >= 0.3 is 5.69 Å². The van der Waals surface area contributed by atoms with E-state index in [1.54, 1.807) is 11.9 Å². The van der Waals surface area contributed by atoms with E-state index in [1.165, 1.54) is 6.33 Å². The highest BCUT2D eigenvalue weighted by Gasteiger charge is 2.24. The third-order valence-electron chi connectivity index (χ3n) is 2.57. The van der Waals surface area contributed by atoms with Crippen molar-refractivity contribution < 1.29 is 4.92 Å². The summed E-state index contributed by atoms with van der Waals surface area (Å²) in [6.45, 7) is 0.495. The molecule has 98 valence electrons. The van der Waals surface area contributed by atoms with Crippen LogP contribution in [0.4, 0.5) is 11.5 Å². The summed E-state index contributed by atoms with van der Waals surface area (Å²) in [6.07, 6.45) is 1.21. The van der Waals surface area contributed by atoms with Gasteiger partial charge in [0.05, 0.1) is 4.92 Å². The van der Waals surface area contributed by atoms with E-state index in [0.717, 1.165) is 5.56 Å². The molecule has 0 N–H and O–H groups in total. The van der Waals surface area contributed by atoms with Crippen molar-refractivity contribution >= 4 is 23.1 Å². The first kappa shape index (κ1) is 13.2. The molecule has 0 spiro atoms. The molecule has 0 saturated heterocycles. The van der Waals surface area contributed by atoms with Gasteiger partial charge in [0.2, 0.25) is 11.0 Å². The predicted octanol–water partition coefficient (Wildman–Crippen LogP) is 2.67. The average molecular weight is 279 g/mol. The highest BCUT2D eigenvalue weighted by atomic mass is 35.5. The summed E-state index contributed by atoms with van der Waals surface area (Å²) in [5.41, 5.74) is 0.747. The summed E-state index contributed by atoms with van der Waals surface area (Å²) in [5, 5.41) is 10.9. The molecule has 1 aromatic heterocycles. The molecule has 6 nitrogen and oxygen atoms in total. The van der Waals surface area contributed by atoms with Crippen molar-refractivity contribution in [1.82, 2.24) is 9.97 Å². The molecule has 0 amide bonds. The first-order valence-electron chi connectivity index (χ1n) is 5.49. The van der Waals surface area contributed by atoms with Gasteiger partial charge < -0.3 is 4.90 Å². The normalized spacial score (nSPS) is 10.2. The van der Waals surface area contributed by atoms with Crippen LogP contribution in [0, 0.1) is 10.1 Å². The van der Waals surface area contributed by atoms with Gasteiger partial charge in [-0.2, -0.15) is 0 Å². The van der Waals surface area contributed by atoms with Gasteiger partial charge in [-0.15, -0.1) is 0 Å². The van der Waals surface area contributed by atoms with E-state index >= 15 is 0 Å². The standard InChI is InChI=1S/C12H11ClN4O2/c1-16(7-9-5-3-2-4-6-9)12-10(17(18)19)11(13)14-8-15-12/h2-6,8H,7H2,1H3. The summed E-state index contributed by atoms with van der Waals surface area (Å²) in [6, 6.07) is 9.60. The Morgan fingerprint density at radius 1 is 1.32 bits per heavy atom. The lowest BCUT2D eigenvalue weighted by atomic mass is 10.2. The van der Waals surface area contributed by atoms with Gasteiger partial charge in [-0.1, -0.05) is 41.9 Å². The number of aromatic nitrogens is 2. The number of benzene rings is 1. The van der Waals surface area contributed by atoms with Crippen LogP contribution in [0.3, 0.4) is 0 Å². The van der Waals surface area contributed by atoms with E-state index in [9.17, 15) is 10.1 Å². The molecule has 2 aromatic rings. The molecule has 7 heteroatoms. The number of hydrogen-bond donors (Lipinski definition) is 0. The Bertz CT molecular complexity index is 592. The molecule has 2 rings (SSSR count). The number of nitro groups is 1. The molecule has 0 atom stereocenters. The minimum atomic E-state index is -0.570. The Hall–Kier alpha value is -2.21. The average Bonchev–Trinajstić information content (AvgIpc) is 2.39. The van der Waals surface area contributed by atoms with Gasteiger partial charge in [0.15, 0.2) is 0 Å². The van der Waals surface area contributed by atoms with Crippen LogP contribution in [-0.2, 0) is 6.54 Å². The molecule has 19 heavy (non-hydrogen) atoms. The number of hydrogen-bond acceptors (Lipinski definition) is 5. The van der Waals surface area contributed by atoms with Crippen molar-refractivity contribution in [2.75, 3.05) is 11.9 Å². The lowest BCUT2D eigenvalue weighted by molar-refractivity contribution is -0.384. The number of nitrogens with zero attached hydrogens (tertiary/aromatic N) is 4. The molecular formula is C12H11ClN4O2. The molecule has 1 aromatic carbocycles. The lowest BCUT2D eigenvalue weighted by Gasteiger charge is -2.17. The zero-order valence-corrected chi connectivity index (χ0v) is 10.9. The molecule has 0 radical (unpaired) electrons. The number of halogens is 1. The maximum Gasteiger partial charge on any atom is 0.348 e. The molecule has 0 unspecified atom stereocenters. The Kier molecular flexibility index (Phi) is 3.91. The molecule has 0 fully saturated rings. The second-order valence-electron chi connectivity index (χ2n) is 3.94. The van der Waals surface area contributed by atoms with Crippen molar-refractivity contribution in [3.8, 4) is 0 Å². The third kappa shape index (κ3) is 2.97. The zero-order chi connectivity index (χ0) is 13.8. The zero-order valence-electron chi connectivity index (χ0n) is 10.2. The fourth-order valence-electron chi connectivity index (χ4n) is 1.72. The van der Waals surface area contributed by atoms with E-state index in [-0.39, 0.29) is 16.7 Å². The highest BCUT2D eigenvalue weighted by Crippen LogP contribution is 2.31. The van der Waals surface area contributed by atoms with Crippen LogP contribution in [-0.4, -0.2) is 21.9 Å². The molecule has 0 aliphatic heterocycles. The number of rotatable bonds is 4. The summed E-state index contributed by atoms with van der Waals surface area (Å²) in [4.78, 5) is 19.7. The lowest BCUT2D eigenvalue weighted by Crippen LogP contribution is -2.19. The predicted molar refractivity (Wildman–Crippen MR) is 72.2 cm³/mol. The Balaban J connectivity index is 2.31. The SMILES string of the molecule is CN(Cc1ccccc1)c1ncnc(Cl)c1[N+](=O)[O-]. The largest absolute Gasteiger partial charge is 0.349 e. The summed E-state index contributed by atoms with van der Waals surface area (Å²) in [7, 11) is 1.72. The van der Waals surface area contributed by atoms with E-state index in [4.69, 9.17) is 11.6 Å². The van der Waals surface area contributed by atoms with Gasteiger partial charge in [-0.25, -0.2) is 9.97 Å². The molecule has 1 heterocycles. The molecular weight excluding hydrogens is 268 g/mol. The van der Waals surface area contributed by atoms with Crippen LogP contribution in [0.15, 0.2) is 36.7 Å². The van der Waals surface area contributed by atoms with Crippen LogP contribution >= 0.6 is 11.6 Å². The smallest absolute Gasteiger partial charge is 0.348 e. The fourth-order valence-corrected chi connectivity index (χ4v) is 1.91. The van der Waals surface area contributed by atoms with Crippen molar-refractivity contribution in [3.63, 3.8) is 0 Å². The van der Waals surface area contributed by atoms with Crippen molar-refractivity contribution in [3.05, 3.63) is 57.5 Å². The van der Waals surface area contributed by atoms with E-state index in [0.29, 0.717) is 6.54 Å². The van der Waals surface area contributed by atoms with E-state index in [2.05, 4.69) is 9.97 Å². The van der Waals surface area contributed by atoms with Crippen LogP contribution in [0.1, 0.15) is 5.56 Å². The summed E-state index contributed by atoms with van der Waals surface area (Å²) >= 11 is 5.75. The first-order valence-corrected chi connectivity index (χ1v) is 5.87. The minimum Gasteiger partial charge on any atom is -0.349 e. The highest BCUT2D eigenvalue weighted by molar-refractivity contribution is 6.31. The van der Waals surface area contributed by atoms with E-state index in [1.807, 2.05) is 30.3 Å². The van der Waals surface area contributed by atoms with Crippen LogP contribution in [0.25, 0.3) is 0 Å². The molecule has 0 bridgehead atoms.